The molecule has 0 saturated carbocycles. The molecule has 6 saturated heterocycles. The highest BCUT2D eigenvalue weighted by Crippen LogP contribution is 2.37. The molecule has 0 spiro atoms. The second kappa shape index (κ2) is 46.1. The number of anilines is 10. The van der Waals surface area contributed by atoms with Crippen molar-refractivity contribution in [3.8, 4) is 110 Å². The minimum absolute atomic E-state index is 0.0803. The Hall–Kier alpha value is -16.1. The van der Waals surface area contributed by atoms with E-state index in [0.29, 0.717) is 120 Å². The van der Waals surface area contributed by atoms with Crippen molar-refractivity contribution >= 4 is 69.7 Å². The van der Waals surface area contributed by atoms with E-state index in [-0.39, 0.29) is 48.0 Å². The van der Waals surface area contributed by atoms with Gasteiger partial charge in [-0.15, -0.1) is 0 Å². The number of carbonyl (C=O) groups excluding carboxylic acids is 2. The van der Waals surface area contributed by atoms with Crippen LogP contribution in [0.4, 0.5) is 57.9 Å². The summed E-state index contributed by atoms with van der Waals surface area (Å²) in [6, 6.07) is 52.9. The van der Waals surface area contributed by atoms with Crippen molar-refractivity contribution in [1.82, 2.24) is 99.0 Å². The molecule has 6 fully saturated rings. The number of benzene rings is 4. The first kappa shape index (κ1) is 98.4. The third kappa shape index (κ3) is 25.4. The standard InChI is InChI=1S/C26H30N8O2.C26H30N8O.C25H27N7O3.C24H25N7O3/c1-32-8-10-34(11-9-32)22-5-7-24(31-26(22)35-3)30-25-13-21(28-17-29-25)18-4-6-23(19(12-18)14-27)36-20-15-33(2)16-20;1-32-9-11-34(12-10-32)21-4-6-25(28-16-21)31-26-14-23(29-18-30-26)19-3-5-24(20(13-19)15-27)35-22-7-8-33(2)17-22;1-31(2)25(33)19-6-8-22(30-24(19)34-4)29-23-12-20(27-15-28-23)16-5-7-21(17(11-16)13-26)35-18-9-10-32(3)14-18;1-30(2)24(32)18-6-8-21(29-23(18)33-4)28-22-10-19(26-14-27-22)15-5-7-20(16(9-15)11-25)34-17-12-31(3)13-17/h4-7,12-13,17,20H,8-11,15-16H2,1-3H3,(H,28,29,30,31);3-6,13-14,16,18,22H,7-12,17H2,1-2H3,(H,28,29,30,31);5-8,11-12,15,18H,9-10,14H2,1-4H3,(H,27,28,29,30);5-10,14,17H,12-13H2,1-4H3,(H,26,27,28,29). The molecule has 4 aromatic carbocycles. The number of nitrogens with one attached hydrogen (secondary N) is 4. The number of rotatable bonds is 27. The van der Waals surface area contributed by atoms with Crippen molar-refractivity contribution in [3.63, 3.8) is 0 Å². The molecule has 18 rings (SSSR count). The van der Waals surface area contributed by atoms with Crippen LogP contribution in [-0.4, -0.2) is 332 Å². The molecule has 39 nitrogen and oxygen atoms in total. The van der Waals surface area contributed by atoms with E-state index in [9.17, 15) is 30.6 Å². The summed E-state index contributed by atoms with van der Waals surface area (Å²) >= 11 is 0. The van der Waals surface area contributed by atoms with Crippen molar-refractivity contribution in [3.05, 3.63) is 210 Å². The van der Waals surface area contributed by atoms with E-state index in [4.69, 9.17) is 33.2 Å². The number of nitriles is 4. The highest BCUT2D eigenvalue weighted by molar-refractivity contribution is 5.97. The second-order valence-corrected chi connectivity index (χ2v) is 35.1. The Morgan fingerprint density at radius 3 is 0.950 bits per heavy atom. The first-order valence-corrected chi connectivity index (χ1v) is 45.7. The van der Waals surface area contributed by atoms with Crippen LogP contribution < -0.4 is 64.2 Å². The molecular weight excluding hydrogens is 1780 g/mol. The number of nitrogens with zero attached hydrogens (tertiary/aromatic N) is 26. The van der Waals surface area contributed by atoms with Gasteiger partial charge in [0.1, 0.15) is 160 Å². The molecule has 2 amide bonds. The number of hydrogen-bond acceptors (Lipinski definition) is 37. The maximum Gasteiger partial charge on any atom is 0.258 e. The smallest absolute Gasteiger partial charge is 0.258 e. The zero-order chi connectivity index (χ0) is 98.5. The lowest BCUT2D eigenvalue weighted by molar-refractivity contribution is 0.0385. The Labute approximate surface area is 813 Å². The van der Waals surface area contributed by atoms with Crippen LogP contribution in [0.5, 0.6) is 40.6 Å². The molecular formula is C101H112N30O9. The molecule has 4 N–H and O–H groups in total. The molecule has 39 heteroatoms. The van der Waals surface area contributed by atoms with Gasteiger partial charge in [-0.05, 0) is 176 Å². The highest BCUT2D eigenvalue weighted by atomic mass is 16.5. The Kier molecular flexibility index (Phi) is 32.4. The number of pyridine rings is 4. The van der Waals surface area contributed by atoms with Gasteiger partial charge in [0, 0.05) is 179 Å². The summed E-state index contributed by atoms with van der Waals surface area (Å²) in [5.74, 6) is 7.47. The van der Waals surface area contributed by atoms with Gasteiger partial charge in [-0.3, -0.25) is 19.4 Å². The van der Waals surface area contributed by atoms with Crippen LogP contribution in [0.2, 0.25) is 0 Å². The van der Waals surface area contributed by atoms with Gasteiger partial charge in [-0.1, -0.05) is 0 Å². The predicted molar refractivity (Wildman–Crippen MR) is 531 cm³/mol. The zero-order valence-electron chi connectivity index (χ0n) is 80.6. The maximum atomic E-state index is 12.3. The summed E-state index contributed by atoms with van der Waals surface area (Å²) in [5.41, 5.74) is 10.6. The Morgan fingerprint density at radius 2 is 0.643 bits per heavy atom. The van der Waals surface area contributed by atoms with Crippen molar-refractivity contribution in [2.75, 3.05) is 228 Å². The average Bonchev–Trinajstić information content (AvgIpc) is 0.920. The molecule has 2 atom stereocenters. The maximum absolute atomic E-state index is 12.3. The van der Waals surface area contributed by atoms with E-state index in [0.717, 1.165) is 163 Å². The van der Waals surface area contributed by atoms with Crippen LogP contribution in [0.25, 0.3) is 45.0 Å². The minimum atomic E-state index is -0.203. The fourth-order valence-corrected chi connectivity index (χ4v) is 16.3. The van der Waals surface area contributed by atoms with Crippen LogP contribution in [-0.2, 0) is 0 Å². The molecule has 6 aliphatic heterocycles. The van der Waals surface area contributed by atoms with Gasteiger partial charge in [0.05, 0.1) is 78.2 Å². The fraction of sp³-hybridized carbons (Fsp3) is 0.347. The van der Waals surface area contributed by atoms with E-state index in [2.05, 4.69) is 179 Å². The number of ether oxygens (including phenoxy) is 7. The quantitative estimate of drug-likeness (QED) is 0.0371. The number of piperazine rings is 2. The fourth-order valence-electron chi connectivity index (χ4n) is 16.3. The molecule has 2 unspecified atom stereocenters. The molecule has 0 aliphatic carbocycles. The summed E-state index contributed by atoms with van der Waals surface area (Å²) in [6.07, 6.45) is 10.1. The molecule has 8 aromatic heterocycles. The van der Waals surface area contributed by atoms with Gasteiger partial charge >= 0.3 is 0 Å². The monoisotopic (exact) mass is 1890 g/mol. The Morgan fingerprint density at radius 1 is 0.329 bits per heavy atom. The largest absolute Gasteiger partial charge is 0.488 e. The lowest BCUT2D eigenvalue weighted by atomic mass is 10.1. The van der Waals surface area contributed by atoms with Crippen LogP contribution >= 0.6 is 0 Å². The second-order valence-electron chi connectivity index (χ2n) is 35.1. The third-order valence-corrected chi connectivity index (χ3v) is 24.1. The SMILES string of the molecule is CN1CCN(c2ccc(Nc3cc(-c4ccc(OC5CCN(C)C5)c(C#N)c4)ncn3)nc2)CC1.COc1nc(Nc2cc(-c3ccc(OC4CCN(C)C4)c(C#N)c3)ncn2)ccc1C(=O)N(C)C.COc1nc(Nc2cc(-c3ccc(OC4CN(C)C4)c(C#N)c3)ncn2)ccc1C(=O)N(C)C.COc1nc(Nc2cc(-c3ccc(OC4CN(C)C4)c(C#N)c3)ncn2)ccc1N1CCN(C)CC1. The number of aromatic nitrogens is 12. The summed E-state index contributed by atoms with van der Waals surface area (Å²) in [6.45, 7) is 15.1. The molecule has 6 aliphatic rings. The van der Waals surface area contributed by atoms with Crippen molar-refractivity contribution in [2.24, 2.45) is 0 Å². The van der Waals surface area contributed by atoms with Gasteiger partial charge in [0.2, 0.25) is 17.6 Å². The molecule has 14 heterocycles. The number of amides is 2. The van der Waals surface area contributed by atoms with E-state index >= 15 is 0 Å². The number of carbonyl (C=O) groups is 2. The van der Waals surface area contributed by atoms with Crippen LogP contribution in [0.3, 0.4) is 0 Å². The van der Waals surface area contributed by atoms with Crippen LogP contribution in [0.15, 0.2) is 177 Å². The summed E-state index contributed by atoms with van der Waals surface area (Å²) in [7, 11) is 23.7. The molecule has 0 bridgehead atoms. The van der Waals surface area contributed by atoms with E-state index < -0.39 is 0 Å². The zero-order valence-corrected chi connectivity index (χ0v) is 80.6. The van der Waals surface area contributed by atoms with E-state index in [1.807, 2.05) is 99.2 Å². The lowest BCUT2D eigenvalue weighted by Gasteiger charge is -2.36. The van der Waals surface area contributed by atoms with Gasteiger partial charge in [-0.2, -0.15) is 36.0 Å². The normalized spacial score (nSPS) is 16.1. The van der Waals surface area contributed by atoms with Crippen molar-refractivity contribution in [1.29, 1.82) is 21.0 Å². The summed E-state index contributed by atoms with van der Waals surface area (Å²) in [5, 5.41) is 51.4. The van der Waals surface area contributed by atoms with Gasteiger partial charge in [-0.25, -0.2) is 44.9 Å². The third-order valence-electron chi connectivity index (χ3n) is 24.1. The van der Waals surface area contributed by atoms with E-state index in [1.54, 1.807) is 96.0 Å². The van der Waals surface area contributed by atoms with Gasteiger partial charge < -0.3 is 93.6 Å². The van der Waals surface area contributed by atoms with Crippen molar-refractivity contribution in [2.45, 2.75) is 37.3 Å². The van der Waals surface area contributed by atoms with Gasteiger partial charge in [0.25, 0.3) is 11.8 Å². The summed E-state index contributed by atoms with van der Waals surface area (Å²) < 4.78 is 40.3. The van der Waals surface area contributed by atoms with Gasteiger partial charge in [0.15, 0.2) is 0 Å². The predicted octanol–water partition coefficient (Wildman–Crippen LogP) is 11.1. The average molecular weight is 1890 g/mol. The lowest BCUT2D eigenvalue weighted by Crippen LogP contribution is -2.51. The number of likely N-dealkylation sites (N-methyl/N-ethyl adjacent to an activating group) is 6. The highest BCUT2D eigenvalue weighted by Gasteiger charge is 2.31. The number of likely N-dealkylation sites (tertiary alicyclic amines) is 4. The minimum Gasteiger partial charge on any atom is -0.488 e. The topological polar surface area (TPSA) is 429 Å². The van der Waals surface area contributed by atoms with E-state index in [1.165, 1.54) is 49.3 Å². The van der Waals surface area contributed by atoms with Crippen LogP contribution in [0, 0.1) is 45.3 Å². The molecule has 140 heavy (non-hydrogen) atoms. The van der Waals surface area contributed by atoms with Crippen molar-refractivity contribution < 1.29 is 42.7 Å². The number of methoxy groups -OCH3 is 3. The first-order chi connectivity index (χ1) is 67.8. The van der Waals surface area contributed by atoms with Crippen LogP contribution in [0.1, 0.15) is 55.8 Å². The summed E-state index contributed by atoms with van der Waals surface area (Å²) in [4.78, 5) is 98.3. The Balaban J connectivity index is 0.000000141. The first-order valence-electron chi connectivity index (χ1n) is 45.7. The molecule has 12 aromatic rings. The Bertz CT molecular complexity index is 6540. The molecule has 720 valence electrons. The molecule has 0 radical (unpaired) electrons. The number of hydrogen-bond donors (Lipinski definition) is 4.